The summed E-state index contributed by atoms with van der Waals surface area (Å²) < 4.78 is 0. The van der Waals surface area contributed by atoms with Crippen LogP contribution in [-0.2, 0) is 0 Å². The van der Waals surface area contributed by atoms with Crippen molar-refractivity contribution in [2.24, 2.45) is 0 Å². The molecule has 1 saturated carbocycles. The van der Waals surface area contributed by atoms with Gasteiger partial charge < -0.3 is 10.4 Å². The molecule has 2 N–H and O–H groups in total. The molecule has 0 aliphatic heterocycles. The predicted octanol–water partition coefficient (Wildman–Crippen LogP) is 1.18. The Morgan fingerprint density at radius 2 is 2.08 bits per heavy atom. The summed E-state index contributed by atoms with van der Waals surface area (Å²) in [6, 6.07) is 2.94. The first kappa shape index (κ1) is 10.5. The first-order chi connectivity index (χ1) is 6.22. The summed E-state index contributed by atoms with van der Waals surface area (Å²) in [5.74, 6) is 0. The van der Waals surface area contributed by atoms with E-state index in [0.717, 1.165) is 25.7 Å². The van der Waals surface area contributed by atoms with Gasteiger partial charge in [-0.15, -0.1) is 0 Å². The molecule has 0 spiro atoms. The number of hydrogen-bond acceptors (Lipinski definition) is 3. The van der Waals surface area contributed by atoms with Crippen molar-refractivity contribution in [2.45, 2.75) is 57.2 Å². The van der Waals surface area contributed by atoms with Crippen molar-refractivity contribution in [1.82, 2.24) is 5.32 Å². The van der Waals surface area contributed by atoms with Gasteiger partial charge in [-0.05, 0) is 32.6 Å². The zero-order valence-electron chi connectivity index (χ0n) is 8.16. The molecule has 13 heavy (non-hydrogen) atoms. The predicted molar refractivity (Wildman–Crippen MR) is 51.1 cm³/mol. The summed E-state index contributed by atoms with van der Waals surface area (Å²) in [6.07, 6.45) is 4.35. The molecular weight excluding hydrogens is 164 g/mol. The van der Waals surface area contributed by atoms with Gasteiger partial charge in [-0.3, -0.25) is 0 Å². The first-order valence-corrected chi connectivity index (χ1v) is 5.03. The third-order valence-electron chi connectivity index (χ3n) is 2.61. The maximum Gasteiger partial charge on any atom is 0.0638 e. The Labute approximate surface area is 79.8 Å². The number of aliphatic hydroxyl groups is 1. The Morgan fingerprint density at radius 3 is 2.62 bits per heavy atom. The summed E-state index contributed by atoms with van der Waals surface area (Å²) in [4.78, 5) is 0. The standard InChI is InChI=1S/C10H18N2O/c1-8(6-7-11)12-9-2-4-10(13)5-3-9/h8-10,12-13H,2-6H2,1H3. The Balaban J connectivity index is 2.19. The number of rotatable bonds is 3. The van der Waals surface area contributed by atoms with Crippen LogP contribution in [0.4, 0.5) is 0 Å². The van der Waals surface area contributed by atoms with Gasteiger partial charge in [0.25, 0.3) is 0 Å². The molecule has 1 aliphatic rings. The van der Waals surface area contributed by atoms with Crippen molar-refractivity contribution < 1.29 is 5.11 Å². The van der Waals surface area contributed by atoms with E-state index < -0.39 is 0 Å². The zero-order chi connectivity index (χ0) is 9.68. The molecule has 0 aromatic heterocycles. The van der Waals surface area contributed by atoms with Gasteiger partial charge in [0.2, 0.25) is 0 Å². The highest BCUT2D eigenvalue weighted by molar-refractivity contribution is 4.83. The van der Waals surface area contributed by atoms with E-state index in [1.54, 1.807) is 0 Å². The lowest BCUT2D eigenvalue weighted by molar-refractivity contribution is 0.114. The lowest BCUT2D eigenvalue weighted by atomic mass is 9.92. The minimum Gasteiger partial charge on any atom is -0.393 e. The normalized spacial score (nSPS) is 30.8. The SMILES string of the molecule is CC(CC#N)NC1CCC(O)CC1. The van der Waals surface area contributed by atoms with E-state index >= 15 is 0 Å². The number of nitrogens with zero attached hydrogens (tertiary/aromatic N) is 1. The van der Waals surface area contributed by atoms with E-state index in [2.05, 4.69) is 11.4 Å². The van der Waals surface area contributed by atoms with Gasteiger partial charge in [0.1, 0.15) is 0 Å². The molecule has 1 aliphatic carbocycles. The van der Waals surface area contributed by atoms with Gasteiger partial charge in [0.15, 0.2) is 0 Å². The molecule has 1 unspecified atom stereocenters. The lowest BCUT2D eigenvalue weighted by Gasteiger charge is -2.28. The summed E-state index contributed by atoms with van der Waals surface area (Å²) in [5, 5.41) is 21.2. The lowest BCUT2D eigenvalue weighted by Crippen LogP contribution is -2.39. The van der Waals surface area contributed by atoms with Crippen LogP contribution < -0.4 is 5.32 Å². The minimum atomic E-state index is -0.0932. The Morgan fingerprint density at radius 1 is 1.46 bits per heavy atom. The molecule has 0 heterocycles. The van der Waals surface area contributed by atoms with E-state index in [4.69, 9.17) is 5.26 Å². The van der Waals surface area contributed by atoms with Crippen LogP contribution in [0.2, 0.25) is 0 Å². The number of nitrogens with one attached hydrogen (secondary N) is 1. The summed E-state index contributed by atoms with van der Waals surface area (Å²) >= 11 is 0. The zero-order valence-corrected chi connectivity index (χ0v) is 8.16. The fourth-order valence-corrected chi connectivity index (χ4v) is 1.84. The molecule has 0 aromatic carbocycles. The van der Waals surface area contributed by atoms with Gasteiger partial charge in [-0.25, -0.2) is 0 Å². The first-order valence-electron chi connectivity index (χ1n) is 5.03. The third kappa shape index (κ3) is 3.75. The average Bonchev–Trinajstić information content (AvgIpc) is 2.09. The van der Waals surface area contributed by atoms with Crippen LogP contribution in [0.5, 0.6) is 0 Å². The Bertz CT molecular complexity index is 180. The van der Waals surface area contributed by atoms with Crippen molar-refractivity contribution in [3.05, 3.63) is 0 Å². The van der Waals surface area contributed by atoms with Gasteiger partial charge in [-0.1, -0.05) is 0 Å². The van der Waals surface area contributed by atoms with Crippen LogP contribution in [-0.4, -0.2) is 23.3 Å². The molecule has 3 heteroatoms. The molecule has 3 nitrogen and oxygen atoms in total. The molecule has 0 bridgehead atoms. The monoisotopic (exact) mass is 182 g/mol. The number of aliphatic hydroxyl groups excluding tert-OH is 1. The molecule has 0 amide bonds. The number of nitriles is 1. The van der Waals surface area contributed by atoms with Crippen molar-refractivity contribution in [1.29, 1.82) is 5.26 Å². The quantitative estimate of drug-likeness (QED) is 0.689. The van der Waals surface area contributed by atoms with Crippen LogP contribution in [0.1, 0.15) is 39.0 Å². The van der Waals surface area contributed by atoms with Crippen LogP contribution in [0, 0.1) is 11.3 Å². The maximum atomic E-state index is 9.28. The van der Waals surface area contributed by atoms with E-state index in [1.807, 2.05) is 6.92 Å². The van der Waals surface area contributed by atoms with Gasteiger partial charge in [0, 0.05) is 12.1 Å². The van der Waals surface area contributed by atoms with E-state index in [-0.39, 0.29) is 12.1 Å². The smallest absolute Gasteiger partial charge is 0.0638 e. The topological polar surface area (TPSA) is 56.0 Å². The third-order valence-corrected chi connectivity index (χ3v) is 2.61. The summed E-state index contributed by atoms with van der Waals surface area (Å²) in [7, 11) is 0. The minimum absolute atomic E-state index is 0.0932. The van der Waals surface area contributed by atoms with Crippen LogP contribution in [0.3, 0.4) is 0 Å². The van der Waals surface area contributed by atoms with Gasteiger partial charge in [-0.2, -0.15) is 5.26 Å². The molecule has 74 valence electrons. The van der Waals surface area contributed by atoms with Crippen molar-refractivity contribution in [3.63, 3.8) is 0 Å². The highest BCUT2D eigenvalue weighted by Crippen LogP contribution is 2.18. The Kier molecular flexibility index (Phi) is 4.20. The molecule has 1 rings (SSSR count). The largest absolute Gasteiger partial charge is 0.393 e. The van der Waals surface area contributed by atoms with Crippen LogP contribution in [0.15, 0.2) is 0 Å². The van der Waals surface area contributed by atoms with E-state index in [1.165, 1.54) is 0 Å². The van der Waals surface area contributed by atoms with Gasteiger partial charge in [0.05, 0.1) is 18.6 Å². The molecule has 1 fully saturated rings. The number of hydrogen-bond donors (Lipinski definition) is 2. The average molecular weight is 182 g/mol. The van der Waals surface area contributed by atoms with Crippen LogP contribution >= 0.6 is 0 Å². The van der Waals surface area contributed by atoms with E-state index in [0.29, 0.717) is 12.5 Å². The second kappa shape index (κ2) is 5.21. The Hall–Kier alpha value is -0.590. The fourth-order valence-electron chi connectivity index (χ4n) is 1.84. The second-order valence-corrected chi connectivity index (χ2v) is 3.94. The van der Waals surface area contributed by atoms with E-state index in [9.17, 15) is 5.11 Å². The van der Waals surface area contributed by atoms with Crippen molar-refractivity contribution in [3.8, 4) is 6.07 Å². The molecule has 1 atom stereocenters. The van der Waals surface area contributed by atoms with Crippen molar-refractivity contribution >= 4 is 0 Å². The highest BCUT2D eigenvalue weighted by Gasteiger charge is 2.19. The van der Waals surface area contributed by atoms with Crippen molar-refractivity contribution in [2.75, 3.05) is 0 Å². The second-order valence-electron chi connectivity index (χ2n) is 3.94. The summed E-state index contributed by atoms with van der Waals surface area (Å²) in [6.45, 7) is 2.04. The van der Waals surface area contributed by atoms with Gasteiger partial charge >= 0.3 is 0 Å². The summed E-state index contributed by atoms with van der Waals surface area (Å²) in [5.41, 5.74) is 0. The maximum absolute atomic E-state index is 9.28. The molecular formula is C10H18N2O. The highest BCUT2D eigenvalue weighted by atomic mass is 16.3. The fraction of sp³-hybridized carbons (Fsp3) is 0.900. The molecule has 0 saturated heterocycles. The van der Waals surface area contributed by atoms with Crippen LogP contribution in [0.25, 0.3) is 0 Å². The molecule has 0 aromatic rings. The molecule has 0 radical (unpaired) electrons.